The average Bonchev–Trinajstić information content (AvgIpc) is 2.37. The lowest BCUT2D eigenvalue weighted by Gasteiger charge is -2.29. The minimum atomic E-state index is 0.0619. The van der Waals surface area contributed by atoms with E-state index in [1.165, 1.54) is 5.56 Å². The van der Waals surface area contributed by atoms with E-state index < -0.39 is 0 Å². The molecule has 0 spiro atoms. The van der Waals surface area contributed by atoms with E-state index in [9.17, 15) is 4.79 Å². The van der Waals surface area contributed by atoms with Gasteiger partial charge in [-0.3, -0.25) is 4.79 Å². The van der Waals surface area contributed by atoms with E-state index in [4.69, 9.17) is 0 Å². The molecule has 106 valence electrons. The summed E-state index contributed by atoms with van der Waals surface area (Å²) in [5.41, 5.74) is 1.44. The molecule has 0 aromatic heterocycles. The van der Waals surface area contributed by atoms with Gasteiger partial charge in [-0.05, 0) is 31.2 Å². The van der Waals surface area contributed by atoms with E-state index in [2.05, 4.69) is 55.7 Å². The summed E-state index contributed by atoms with van der Waals surface area (Å²) in [6, 6.07) is 10.8. The van der Waals surface area contributed by atoms with Crippen LogP contribution in [0.15, 0.2) is 30.3 Å². The number of benzene rings is 1. The fourth-order valence-electron chi connectivity index (χ4n) is 2.37. The summed E-state index contributed by atoms with van der Waals surface area (Å²) in [7, 11) is 0. The highest BCUT2D eigenvalue weighted by molar-refractivity contribution is 5.77. The molecule has 1 atom stereocenters. The van der Waals surface area contributed by atoms with Gasteiger partial charge in [-0.1, -0.05) is 44.2 Å². The van der Waals surface area contributed by atoms with Crippen LogP contribution in [0.3, 0.4) is 0 Å². The Hall–Kier alpha value is -1.35. The first-order valence-electron chi connectivity index (χ1n) is 7.01. The summed E-state index contributed by atoms with van der Waals surface area (Å²) >= 11 is 0. The van der Waals surface area contributed by atoms with E-state index in [0.717, 1.165) is 6.42 Å². The number of nitrogens with one attached hydrogen (secondary N) is 2. The second-order valence-electron chi connectivity index (χ2n) is 5.69. The van der Waals surface area contributed by atoms with Crippen molar-refractivity contribution in [2.75, 3.05) is 13.1 Å². The maximum absolute atomic E-state index is 11.4. The van der Waals surface area contributed by atoms with Gasteiger partial charge in [-0.2, -0.15) is 0 Å². The predicted octanol–water partition coefficient (Wildman–Crippen LogP) is 2.47. The highest BCUT2D eigenvalue weighted by Gasteiger charge is 2.23. The van der Waals surface area contributed by atoms with E-state index in [1.54, 1.807) is 0 Å². The lowest BCUT2D eigenvalue weighted by Crippen LogP contribution is -2.40. The van der Waals surface area contributed by atoms with Crippen molar-refractivity contribution in [2.24, 2.45) is 0 Å². The van der Waals surface area contributed by atoms with Gasteiger partial charge in [0.2, 0.25) is 5.91 Å². The maximum atomic E-state index is 11.4. The van der Waals surface area contributed by atoms with Crippen molar-refractivity contribution in [3.05, 3.63) is 35.9 Å². The molecule has 1 rings (SSSR count). The van der Waals surface area contributed by atoms with Crippen molar-refractivity contribution in [3.8, 4) is 0 Å². The number of carbonyl (C=O) groups is 1. The fraction of sp³-hybridized carbons (Fsp3) is 0.562. The molecule has 0 aliphatic rings. The molecular formula is C16H26N2O. The topological polar surface area (TPSA) is 41.1 Å². The van der Waals surface area contributed by atoms with Gasteiger partial charge in [0.25, 0.3) is 0 Å². The van der Waals surface area contributed by atoms with Crippen LogP contribution in [0, 0.1) is 0 Å². The molecule has 19 heavy (non-hydrogen) atoms. The Balaban J connectivity index is 2.47. The summed E-state index contributed by atoms with van der Waals surface area (Å²) < 4.78 is 0. The molecule has 0 saturated heterocycles. The lowest BCUT2D eigenvalue weighted by atomic mass is 9.79. The van der Waals surface area contributed by atoms with E-state index in [1.807, 2.05) is 13.0 Å². The number of amides is 1. The Kier molecular flexibility index (Phi) is 6.03. The van der Waals surface area contributed by atoms with Crippen LogP contribution in [0.25, 0.3) is 0 Å². The second kappa shape index (κ2) is 7.29. The van der Waals surface area contributed by atoms with Crippen LogP contribution in [0.4, 0.5) is 0 Å². The van der Waals surface area contributed by atoms with Crippen molar-refractivity contribution in [2.45, 2.75) is 45.6 Å². The molecule has 1 amide bonds. The zero-order valence-corrected chi connectivity index (χ0v) is 12.5. The Morgan fingerprint density at radius 1 is 1.26 bits per heavy atom. The normalized spacial score (nSPS) is 13.1. The first-order chi connectivity index (χ1) is 8.95. The largest absolute Gasteiger partial charge is 0.355 e. The van der Waals surface area contributed by atoms with Crippen LogP contribution in [-0.4, -0.2) is 25.0 Å². The van der Waals surface area contributed by atoms with Crippen LogP contribution >= 0.6 is 0 Å². The molecule has 0 fully saturated rings. The van der Waals surface area contributed by atoms with Crippen molar-refractivity contribution in [3.63, 3.8) is 0 Å². The number of likely N-dealkylation sites (N-methyl/N-ethyl adjacent to an activating group) is 1. The van der Waals surface area contributed by atoms with Crippen LogP contribution in [0.2, 0.25) is 0 Å². The fourth-order valence-corrected chi connectivity index (χ4v) is 2.37. The van der Waals surface area contributed by atoms with Gasteiger partial charge in [-0.15, -0.1) is 0 Å². The Morgan fingerprint density at radius 3 is 2.47 bits per heavy atom. The van der Waals surface area contributed by atoms with Gasteiger partial charge in [0, 0.05) is 12.6 Å². The number of hydrogen-bond acceptors (Lipinski definition) is 2. The zero-order chi connectivity index (χ0) is 14.3. The third kappa shape index (κ3) is 5.43. The summed E-state index contributed by atoms with van der Waals surface area (Å²) in [6.45, 7) is 9.62. The minimum absolute atomic E-state index is 0.0619. The minimum Gasteiger partial charge on any atom is -0.355 e. The highest BCUT2D eigenvalue weighted by Crippen LogP contribution is 2.27. The van der Waals surface area contributed by atoms with Crippen molar-refractivity contribution in [1.82, 2.24) is 10.6 Å². The van der Waals surface area contributed by atoms with E-state index in [-0.39, 0.29) is 11.3 Å². The summed E-state index contributed by atoms with van der Waals surface area (Å²) in [4.78, 5) is 11.4. The van der Waals surface area contributed by atoms with Crippen LogP contribution in [0.5, 0.6) is 0 Å². The van der Waals surface area contributed by atoms with Crippen molar-refractivity contribution < 1.29 is 4.79 Å². The lowest BCUT2D eigenvalue weighted by molar-refractivity contribution is -0.120. The molecule has 0 heterocycles. The van der Waals surface area contributed by atoms with Gasteiger partial charge >= 0.3 is 0 Å². The SMILES string of the molecule is CCNC(=O)CNC(C)CC(C)(C)c1ccccc1. The van der Waals surface area contributed by atoms with Gasteiger partial charge in [-0.25, -0.2) is 0 Å². The molecule has 0 aliphatic heterocycles. The molecule has 0 bridgehead atoms. The molecular weight excluding hydrogens is 236 g/mol. The number of rotatable bonds is 7. The molecule has 3 heteroatoms. The van der Waals surface area contributed by atoms with Gasteiger partial charge < -0.3 is 10.6 Å². The van der Waals surface area contributed by atoms with Gasteiger partial charge in [0.05, 0.1) is 6.54 Å². The van der Waals surface area contributed by atoms with Gasteiger partial charge in [0.15, 0.2) is 0 Å². The standard InChI is InChI=1S/C16H26N2O/c1-5-17-15(19)12-18-13(2)11-16(3,4)14-9-7-6-8-10-14/h6-10,13,18H,5,11-12H2,1-4H3,(H,17,19). The molecule has 1 aromatic carbocycles. The molecule has 0 radical (unpaired) electrons. The smallest absolute Gasteiger partial charge is 0.233 e. The van der Waals surface area contributed by atoms with Crippen molar-refractivity contribution >= 4 is 5.91 Å². The highest BCUT2D eigenvalue weighted by atomic mass is 16.1. The van der Waals surface area contributed by atoms with E-state index >= 15 is 0 Å². The molecule has 1 unspecified atom stereocenters. The number of hydrogen-bond donors (Lipinski definition) is 2. The third-order valence-corrected chi connectivity index (χ3v) is 3.36. The molecule has 2 N–H and O–H groups in total. The monoisotopic (exact) mass is 262 g/mol. The first-order valence-corrected chi connectivity index (χ1v) is 7.01. The molecule has 3 nitrogen and oxygen atoms in total. The Labute approximate surface area is 116 Å². The van der Waals surface area contributed by atoms with E-state index in [0.29, 0.717) is 19.1 Å². The maximum Gasteiger partial charge on any atom is 0.233 e. The quantitative estimate of drug-likeness (QED) is 0.792. The average molecular weight is 262 g/mol. The first kappa shape index (κ1) is 15.7. The zero-order valence-electron chi connectivity index (χ0n) is 12.5. The summed E-state index contributed by atoms with van der Waals surface area (Å²) in [6.07, 6.45) is 0.996. The number of carbonyl (C=O) groups excluding carboxylic acids is 1. The molecule has 1 aromatic rings. The second-order valence-corrected chi connectivity index (χ2v) is 5.69. The van der Waals surface area contributed by atoms with Gasteiger partial charge in [0.1, 0.15) is 0 Å². The van der Waals surface area contributed by atoms with Crippen LogP contribution < -0.4 is 10.6 Å². The summed E-state index contributed by atoms with van der Waals surface area (Å²) in [5, 5.41) is 6.07. The Morgan fingerprint density at radius 2 is 1.89 bits per heavy atom. The summed E-state index contributed by atoms with van der Waals surface area (Å²) in [5.74, 6) is 0.0619. The molecule has 0 aliphatic carbocycles. The molecule has 0 saturated carbocycles. The predicted molar refractivity (Wildman–Crippen MR) is 80.2 cm³/mol. The Bertz CT molecular complexity index is 387. The third-order valence-electron chi connectivity index (χ3n) is 3.36. The van der Waals surface area contributed by atoms with Crippen molar-refractivity contribution in [1.29, 1.82) is 0 Å². The van der Waals surface area contributed by atoms with Crippen LogP contribution in [0.1, 0.15) is 39.7 Å². The van der Waals surface area contributed by atoms with Crippen LogP contribution in [-0.2, 0) is 10.2 Å².